The van der Waals surface area contributed by atoms with Crippen LogP contribution in [0.2, 0.25) is 5.02 Å². The Morgan fingerprint density at radius 1 is 1.43 bits per heavy atom. The Morgan fingerprint density at radius 3 is 2.57 bits per heavy atom. The third-order valence-corrected chi connectivity index (χ3v) is 2.11. The van der Waals surface area contributed by atoms with E-state index in [-0.39, 0.29) is 10.6 Å². The molecule has 0 saturated carbocycles. The summed E-state index contributed by atoms with van der Waals surface area (Å²) < 4.78 is 34.4. The van der Waals surface area contributed by atoms with Crippen molar-refractivity contribution in [1.29, 1.82) is 0 Å². The zero-order chi connectivity index (χ0) is 10.8. The Balaban J connectivity index is 3.26. The van der Waals surface area contributed by atoms with E-state index in [1.165, 1.54) is 12.1 Å². The minimum absolute atomic E-state index is 0.0976. The van der Waals surface area contributed by atoms with E-state index in [9.17, 15) is 12.8 Å². The van der Waals surface area contributed by atoms with Gasteiger partial charge in [0.25, 0.3) is 0 Å². The van der Waals surface area contributed by atoms with Crippen LogP contribution in [0.1, 0.15) is 5.56 Å². The summed E-state index contributed by atoms with van der Waals surface area (Å²) in [5.41, 5.74) is -0.0976. The predicted molar refractivity (Wildman–Crippen MR) is 53.1 cm³/mol. The van der Waals surface area contributed by atoms with Gasteiger partial charge in [-0.05, 0) is 18.1 Å². The van der Waals surface area contributed by atoms with Gasteiger partial charge in [0.15, 0.2) is 0 Å². The van der Waals surface area contributed by atoms with E-state index < -0.39 is 15.7 Å². The molecular weight excluding hydrogens is 227 g/mol. The number of rotatable bonds is 0. The molecule has 1 aromatic carbocycles. The minimum atomic E-state index is -3.44. The molecule has 1 rings (SSSR count). The standard InChI is InChI=1S/C9H6ClFO2S/c1-14(12,13)6-5-7-8(10)3-2-4-9(7)11/h2-4H,1H3. The van der Waals surface area contributed by atoms with Crippen molar-refractivity contribution in [1.82, 2.24) is 0 Å². The maximum atomic E-state index is 13.0. The van der Waals surface area contributed by atoms with Gasteiger partial charge in [-0.15, -0.1) is 0 Å². The highest BCUT2D eigenvalue weighted by atomic mass is 35.5. The lowest BCUT2D eigenvalue weighted by atomic mass is 10.2. The van der Waals surface area contributed by atoms with E-state index in [0.29, 0.717) is 0 Å². The molecule has 0 bridgehead atoms. The molecule has 1 aromatic rings. The van der Waals surface area contributed by atoms with Crippen molar-refractivity contribution in [2.24, 2.45) is 0 Å². The molecule has 0 aromatic heterocycles. The fourth-order valence-corrected chi connectivity index (χ4v) is 1.26. The van der Waals surface area contributed by atoms with Gasteiger partial charge < -0.3 is 0 Å². The number of sulfone groups is 1. The molecule has 0 aliphatic heterocycles. The molecule has 0 spiro atoms. The summed E-state index contributed by atoms with van der Waals surface area (Å²) in [7, 11) is -3.44. The molecule has 2 nitrogen and oxygen atoms in total. The average Bonchev–Trinajstić information content (AvgIpc) is 2.01. The average molecular weight is 233 g/mol. The van der Waals surface area contributed by atoms with Gasteiger partial charge in [0.05, 0.1) is 16.8 Å². The Bertz CT molecular complexity index is 491. The first-order valence-corrected chi connectivity index (χ1v) is 5.84. The van der Waals surface area contributed by atoms with Gasteiger partial charge in [0.1, 0.15) is 5.82 Å². The molecule has 0 heterocycles. The third-order valence-electron chi connectivity index (χ3n) is 1.32. The van der Waals surface area contributed by atoms with E-state index >= 15 is 0 Å². The number of halogens is 2. The second-order valence-corrected chi connectivity index (χ2v) is 4.75. The summed E-state index contributed by atoms with van der Waals surface area (Å²) in [5, 5.41) is 2.02. The van der Waals surface area contributed by atoms with E-state index in [2.05, 4.69) is 5.92 Å². The first-order valence-electron chi connectivity index (χ1n) is 3.57. The molecule has 0 radical (unpaired) electrons. The van der Waals surface area contributed by atoms with Crippen LogP contribution >= 0.6 is 11.6 Å². The van der Waals surface area contributed by atoms with Crippen LogP contribution < -0.4 is 0 Å². The second kappa shape index (κ2) is 3.99. The number of hydrogen-bond acceptors (Lipinski definition) is 2. The third kappa shape index (κ3) is 3.02. The van der Waals surface area contributed by atoms with Crippen LogP contribution in [0.3, 0.4) is 0 Å². The summed E-state index contributed by atoms with van der Waals surface area (Å²) >= 11 is 5.62. The van der Waals surface area contributed by atoms with Crippen LogP contribution in [0.15, 0.2) is 18.2 Å². The van der Waals surface area contributed by atoms with Crippen molar-refractivity contribution in [2.75, 3.05) is 6.26 Å². The summed E-state index contributed by atoms with van der Waals surface area (Å²) in [5.74, 6) is 1.55. The van der Waals surface area contributed by atoms with Crippen molar-refractivity contribution < 1.29 is 12.8 Å². The largest absolute Gasteiger partial charge is 0.216 e. The molecular formula is C9H6ClFO2S. The molecule has 0 atom stereocenters. The van der Waals surface area contributed by atoms with Crippen molar-refractivity contribution in [3.63, 3.8) is 0 Å². The zero-order valence-electron chi connectivity index (χ0n) is 7.21. The second-order valence-electron chi connectivity index (χ2n) is 2.60. The van der Waals surface area contributed by atoms with Crippen LogP contribution in [0.4, 0.5) is 4.39 Å². The van der Waals surface area contributed by atoms with E-state index in [1.807, 2.05) is 5.25 Å². The number of benzene rings is 1. The van der Waals surface area contributed by atoms with Crippen LogP contribution in [0.5, 0.6) is 0 Å². The summed E-state index contributed by atoms with van der Waals surface area (Å²) in [6.07, 6.45) is 0.939. The molecule has 0 unspecified atom stereocenters. The van der Waals surface area contributed by atoms with E-state index in [1.54, 1.807) is 0 Å². The first kappa shape index (κ1) is 11.0. The lowest BCUT2D eigenvalue weighted by molar-refractivity contribution is 0.611. The van der Waals surface area contributed by atoms with Crippen LogP contribution in [0, 0.1) is 17.0 Å². The van der Waals surface area contributed by atoms with Crippen molar-refractivity contribution >= 4 is 21.4 Å². The Morgan fingerprint density at radius 2 is 2.07 bits per heavy atom. The lowest BCUT2D eigenvalue weighted by Gasteiger charge is -1.95. The molecule has 0 fully saturated rings. The zero-order valence-corrected chi connectivity index (χ0v) is 8.79. The topological polar surface area (TPSA) is 34.1 Å². The lowest BCUT2D eigenvalue weighted by Crippen LogP contribution is -1.91. The van der Waals surface area contributed by atoms with Crippen molar-refractivity contribution in [2.45, 2.75) is 0 Å². The molecule has 74 valence electrons. The van der Waals surface area contributed by atoms with E-state index in [4.69, 9.17) is 11.6 Å². The monoisotopic (exact) mass is 232 g/mol. The van der Waals surface area contributed by atoms with Gasteiger partial charge in [0.2, 0.25) is 9.84 Å². The Hall–Kier alpha value is -1.05. The van der Waals surface area contributed by atoms with E-state index in [0.717, 1.165) is 12.3 Å². The van der Waals surface area contributed by atoms with Crippen LogP contribution in [0.25, 0.3) is 0 Å². The molecule has 0 aliphatic carbocycles. The molecule has 0 N–H and O–H groups in total. The highest BCUT2D eigenvalue weighted by Gasteiger charge is 2.03. The highest BCUT2D eigenvalue weighted by Crippen LogP contribution is 2.17. The molecule has 0 amide bonds. The fourth-order valence-electron chi connectivity index (χ4n) is 0.761. The predicted octanol–water partition coefficient (Wildman–Crippen LogP) is 1.83. The van der Waals surface area contributed by atoms with Gasteiger partial charge in [-0.25, -0.2) is 12.8 Å². The maximum Gasteiger partial charge on any atom is 0.214 e. The minimum Gasteiger partial charge on any atom is -0.216 e. The van der Waals surface area contributed by atoms with Gasteiger partial charge in [-0.3, -0.25) is 0 Å². The van der Waals surface area contributed by atoms with Gasteiger partial charge in [-0.2, -0.15) is 0 Å². The summed E-state index contributed by atoms with van der Waals surface area (Å²) in [6.45, 7) is 0. The molecule has 5 heteroatoms. The number of hydrogen-bond donors (Lipinski definition) is 0. The fraction of sp³-hybridized carbons (Fsp3) is 0.111. The molecule has 0 aliphatic rings. The van der Waals surface area contributed by atoms with Gasteiger partial charge in [0, 0.05) is 5.25 Å². The smallest absolute Gasteiger partial charge is 0.214 e. The van der Waals surface area contributed by atoms with Crippen LogP contribution in [-0.4, -0.2) is 14.7 Å². The highest BCUT2D eigenvalue weighted by molar-refractivity contribution is 7.95. The van der Waals surface area contributed by atoms with Gasteiger partial charge >= 0.3 is 0 Å². The first-order chi connectivity index (χ1) is 6.40. The van der Waals surface area contributed by atoms with Crippen LogP contribution in [-0.2, 0) is 9.84 Å². The summed E-state index contributed by atoms with van der Waals surface area (Å²) in [4.78, 5) is 0. The SMILES string of the molecule is CS(=O)(=O)C#Cc1c(F)cccc1Cl. The molecule has 14 heavy (non-hydrogen) atoms. The molecule has 0 saturated heterocycles. The van der Waals surface area contributed by atoms with Crippen molar-refractivity contribution in [3.05, 3.63) is 34.6 Å². The maximum absolute atomic E-state index is 13.0. The Labute approximate surface area is 86.6 Å². The van der Waals surface area contributed by atoms with Crippen molar-refractivity contribution in [3.8, 4) is 11.2 Å². The summed E-state index contributed by atoms with van der Waals surface area (Å²) in [6, 6.07) is 4.03. The van der Waals surface area contributed by atoms with Gasteiger partial charge in [-0.1, -0.05) is 17.7 Å². The Kier molecular flexibility index (Phi) is 3.14. The normalized spacial score (nSPS) is 10.5. The quantitative estimate of drug-likeness (QED) is 0.640.